The minimum atomic E-state index is -0.600. The number of carbonyl (C=O) groups is 1. The van der Waals surface area contributed by atoms with E-state index in [2.05, 4.69) is 48.3 Å². The molecule has 0 radical (unpaired) electrons. The molecule has 0 aromatic heterocycles. The van der Waals surface area contributed by atoms with Crippen LogP contribution in [0.2, 0.25) is 0 Å². The van der Waals surface area contributed by atoms with Crippen LogP contribution in [0.1, 0.15) is 36.8 Å². The van der Waals surface area contributed by atoms with E-state index in [1.54, 1.807) is 0 Å². The number of piperazine rings is 1. The highest BCUT2D eigenvalue weighted by molar-refractivity contribution is 5.78. The number of hydrogen-bond donors (Lipinski definition) is 2. The van der Waals surface area contributed by atoms with Crippen LogP contribution in [0.3, 0.4) is 0 Å². The average molecular weight is 341 g/mol. The highest BCUT2D eigenvalue weighted by atomic mass is 16.2. The molecule has 3 rings (SSSR count). The normalized spacial score (nSPS) is 20.3. The monoisotopic (exact) mass is 341 g/mol. The summed E-state index contributed by atoms with van der Waals surface area (Å²) in [7, 11) is 0. The van der Waals surface area contributed by atoms with Gasteiger partial charge in [0.1, 0.15) is 5.54 Å². The maximum Gasteiger partial charge on any atom is 0.276 e. The summed E-state index contributed by atoms with van der Waals surface area (Å²) < 4.78 is 0. The maximum atomic E-state index is 12.4. The summed E-state index contributed by atoms with van der Waals surface area (Å²) in [5.74, 6) is 0.0265. The second-order valence-electron chi connectivity index (χ2n) is 7.58. The number of anilines is 1. The molecule has 0 bridgehead atoms. The molecule has 0 spiro atoms. The van der Waals surface area contributed by atoms with Crippen LogP contribution in [0.5, 0.6) is 0 Å². The van der Waals surface area contributed by atoms with Gasteiger partial charge in [-0.15, -0.1) is 0 Å². The minimum absolute atomic E-state index is 0.0265. The molecule has 0 unspecified atom stereocenters. The fourth-order valence-corrected chi connectivity index (χ4v) is 4.10. The molecule has 5 nitrogen and oxygen atoms in total. The molecule has 1 aliphatic carbocycles. The van der Waals surface area contributed by atoms with Gasteiger partial charge in [-0.3, -0.25) is 4.79 Å². The van der Waals surface area contributed by atoms with Crippen LogP contribution in [0, 0.1) is 25.2 Å². The van der Waals surface area contributed by atoms with Gasteiger partial charge in [-0.25, -0.2) is 0 Å². The van der Waals surface area contributed by atoms with Crippen molar-refractivity contribution < 1.29 is 9.69 Å². The zero-order valence-electron chi connectivity index (χ0n) is 15.4. The molecule has 0 atom stereocenters. The van der Waals surface area contributed by atoms with E-state index in [0.29, 0.717) is 6.54 Å². The molecule has 2 N–H and O–H groups in total. The fourth-order valence-electron chi connectivity index (χ4n) is 4.10. The van der Waals surface area contributed by atoms with Gasteiger partial charge in [-0.05, 0) is 56.7 Å². The quantitative estimate of drug-likeness (QED) is 0.858. The summed E-state index contributed by atoms with van der Waals surface area (Å²) >= 11 is 0. The highest BCUT2D eigenvalue weighted by Gasteiger charge is 2.36. The van der Waals surface area contributed by atoms with Gasteiger partial charge in [0, 0.05) is 5.69 Å². The van der Waals surface area contributed by atoms with Crippen LogP contribution in [0.25, 0.3) is 0 Å². The van der Waals surface area contributed by atoms with Crippen molar-refractivity contribution in [2.75, 3.05) is 37.6 Å². The average Bonchev–Trinajstić information content (AvgIpc) is 3.07. The van der Waals surface area contributed by atoms with E-state index in [1.165, 1.54) is 21.7 Å². The van der Waals surface area contributed by atoms with Crippen LogP contribution in [0.15, 0.2) is 18.2 Å². The van der Waals surface area contributed by atoms with E-state index in [1.807, 2.05) is 0 Å². The lowest BCUT2D eigenvalue weighted by Gasteiger charge is -2.34. The van der Waals surface area contributed by atoms with E-state index >= 15 is 0 Å². The molecule has 1 saturated heterocycles. The number of aryl methyl sites for hydroxylation is 1. The van der Waals surface area contributed by atoms with E-state index in [0.717, 1.165) is 51.9 Å². The number of nitriles is 1. The van der Waals surface area contributed by atoms with Crippen LogP contribution in [-0.2, 0) is 4.79 Å². The van der Waals surface area contributed by atoms with Gasteiger partial charge in [0.05, 0.1) is 32.2 Å². The van der Waals surface area contributed by atoms with Crippen molar-refractivity contribution in [3.63, 3.8) is 0 Å². The summed E-state index contributed by atoms with van der Waals surface area (Å²) in [5, 5.41) is 12.4. The zero-order valence-corrected chi connectivity index (χ0v) is 15.4. The van der Waals surface area contributed by atoms with E-state index in [9.17, 15) is 10.1 Å². The van der Waals surface area contributed by atoms with Crippen molar-refractivity contribution >= 4 is 11.6 Å². The van der Waals surface area contributed by atoms with Gasteiger partial charge < -0.3 is 15.1 Å². The first-order valence-corrected chi connectivity index (χ1v) is 9.40. The molecule has 25 heavy (non-hydrogen) atoms. The molecule has 1 heterocycles. The number of carbonyl (C=O) groups excluding carboxylic acids is 1. The molecule has 134 valence electrons. The molecule has 5 heteroatoms. The lowest BCUT2D eigenvalue weighted by atomic mass is 10.00. The van der Waals surface area contributed by atoms with Crippen molar-refractivity contribution in [2.24, 2.45) is 0 Å². The Morgan fingerprint density at radius 3 is 2.60 bits per heavy atom. The second kappa shape index (κ2) is 7.45. The molecule has 1 amide bonds. The SMILES string of the molecule is Cc1cccc(N2CC[NH+](CC(=O)NC3(C#N)CCCC3)CC2)c1C. The Bertz CT molecular complexity index is 665. The van der Waals surface area contributed by atoms with Crippen molar-refractivity contribution in [1.82, 2.24) is 5.32 Å². The van der Waals surface area contributed by atoms with Gasteiger partial charge in [0.2, 0.25) is 0 Å². The lowest BCUT2D eigenvalue weighted by molar-refractivity contribution is -0.892. The summed E-state index contributed by atoms with van der Waals surface area (Å²) in [6.45, 7) is 8.66. The van der Waals surface area contributed by atoms with Crippen LogP contribution in [-0.4, -0.2) is 44.2 Å². The van der Waals surface area contributed by atoms with Crippen molar-refractivity contribution in [2.45, 2.75) is 45.1 Å². The summed E-state index contributed by atoms with van der Waals surface area (Å²) in [6, 6.07) is 8.80. The Morgan fingerprint density at radius 1 is 1.28 bits per heavy atom. The van der Waals surface area contributed by atoms with Crippen LogP contribution in [0.4, 0.5) is 5.69 Å². The number of amides is 1. The fraction of sp³-hybridized carbons (Fsp3) is 0.600. The topological polar surface area (TPSA) is 60.6 Å². The first-order chi connectivity index (χ1) is 12.0. The summed E-state index contributed by atoms with van der Waals surface area (Å²) in [5.41, 5.74) is 3.39. The third kappa shape index (κ3) is 3.96. The molecule has 1 aromatic carbocycles. The van der Waals surface area contributed by atoms with Gasteiger partial charge >= 0.3 is 0 Å². The molecular weight excluding hydrogens is 312 g/mol. The predicted octanol–water partition coefficient (Wildman–Crippen LogP) is 0.961. The molecule has 1 aromatic rings. The van der Waals surface area contributed by atoms with Gasteiger partial charge in [-0.2, -0.15) is 5.26 Å². The molecule has 1 saturated carbocycles. The Labute approximate surface area is 150 Å². The van der Waals surface area contributed by atoms with Gasteiger partial charge in [0.25, 0.3) is 5.91 Å². The molecule has 2 fully saturated rings. The standard InChI is InChI=1S/C20H28N4O/c1-16-6-5-7-18(17(16)2)24-12-10-23(11-13-24)14-19(25)22-20(15-21)8-3-4-9-20/h5-7H,3-4,8-14H2,1-2H3,(H,22,25)/p+1. The minimum Gasteiger partial charge on any atom is -0.360 e. The third-order valence-electron chi connectivity index (χ3n) is 5.85. The van der Waals surface area contributed by atoms with E-state index < -0.39 is 5.54 Å². The zero-order chi connectivity index (χ0) is 17.9. The van der Waals surface area contributed by atoms with Gasteiger partial charge in [0.15, 0.2) is 6.54 Å². The van der Waals surface area contributed by atoms with E-state index in [-0.39, 0.29) is 5.91 Å². The summed E-state index contributed by atoms with van der Waals surface area (Å²) in [6.07, 6.45) is 3.67. The molecule has 1 aliphatic heterocycles. The number of quaternary nitrogens is 1. The van der Waals surface area contributed by atoms with E-state index in [4.69, 9.17) is 0 Å². The number of nitrogens with one attached hydrogen (secondary N) is 2. The van der Waals surface area contributed by atoms with Crippen molar-refractivity contribution in [1.29, 1.82) is 5.26 Å². The second-order valence-corrected chi connectivity index (χ2v) is 7.58. The number of benzene rings is 1. The summed E-state index contributed by atoms with van der Waals surface area (Å²) in [4.78, 5) is 16.1. The largest absolute Gasteiger partial charge is 0.360 e. The number of nitrogens with zero attached hydrogens (tertiary/aromatic N) is 2. The first kappa shape index (κ1) is 17.8. The Kier molecular flexibility index (Phi) is 5.29. The maximum absolute atomic E-state index is 12.4. The highest BCUT2D eigenvalue weighted by Crippen LogP contribution is 2.28. The predicted molar refractivity (Wildman–Crippen MR) is 98.6 cm³/mol. The third-order valence-corrected chi connectivity index (χ3v) is 5.85. The van der Waals surface area contributed by atoms with Crippen LogP contribution >= 0.6 is 0 Å². The van der Waals surface area contributed by atoms with Gasteiger partial charge in [-0.1, -0.05) is 12.1 Å². The van der Waals surface area contributed by atoms with Crippen molar-refractivity contribution in [3.05, 3.63) is 29.3 Å². The lowest BCUT2D eigenvalue weighted by Crippen LogP contribution is -3.16. The number of hydrogen-bond acceptors (Lipinski definition) is 3. The smallest absolute Gasteiger partial charge is 0.276 e. The Hall–Kier alpha value is -2.06. The number of rotatable bonds is 4. The molecule has 2 aliphatic rings. The first-order valence-electron chi connectivity index (χ1n) is 9.40. The Morgan fingerprint density at radius 2 is 1.96 bits per heavy atom. The molecular formula is C20H29N4O+. The Balaban J connectivity index is 1.52. The van der Waals surface area contributed by atoms with Crippen molar-refractivity contribution in [3.8, 4) is 6.07 Å². The van der Waals surface area contributed by atoms with Crippen LogP contribution < -0.4 is 15.1 Å².